The van der Waals surface area contributed by atoms with Gasteiger partial charge in [0.2, 0.25) is 0 Å². The van der Waals surface area contributed by atoms with E-state index in [2.05, 4.69) is 0 Å². The molecule has 1 heterocycles. The average molecular weight is 399 g/mol. The highest BCUT2D eigenvalue weighted by atomic mass is 32.2. The molecular weight excluding hydrogens is 378 g/mol. The summed E-state index contributed by atoms with van der Waals surface area (Å²) in [4.78, 5) is 37.9. The summed E-state index contributed by atoms with van der Waals surface area (Å²) in [5.41, 5.74) is 0.800. The Bertz CT molecular complexity index is 966. The summed E-state index contributed by atoms with van der Waals surface area (Å²) >= 11 is 0.820. The van der Waals surface area contributed by atoms with Crippen LogP contribution in [-0.4, -0.2) is 41.3 Å². The Morgan fingerprint density at radius 1 is 1.14 bits per heavy atom. The Balaban J connectivity index is 1.90. The standard InChI is InChI=1S/C21H21NO5S/c1-4-26-17-10-9-14(15-7-5-6-8-16(15)17)11-18-20(24)22(21(25)28-18)12-19(23)27-13(2)3/h5-11,13H,4,12H2,1-3H3/b18-11+. The van der Waals surface area contributed by atoms with Gasteiger partial charge in [-0.1, -0.05) is 30.3 Å². The average Bonchev–Trinajstić information content (AvgIpc) is 2.90. The fourth-order valence-electron chi connectivity index (χ4n) is 2.91. The fourth-order valence-corrected chi connectivity index (χ4v) is 3.74. The lowest BCUT2D eigenvalue weighted by Crippen LogP contribution is -2.35. The van der Waals surface area contributed by atoms with Crippen molar-refractivity contribution in [2.45, 2.75) is 26.9 Å². The first-order valence-electron chi connectivity index (χ1n) is 9.00. The molecule has 1 aliphatic heterocycles. The van der Waals surface area contributed by atoms with E-state index < -0.39 is 17.1 Å². The second-order valence-corrected chi connectivity index (χ2v) is 7.43. The molecule has 1 aliphatic rings. The maximum absolute atomic E-state index is 12.6. The van der Waals surface area contributed by atoms with Crippen LogP contribution in [0.15, 0.2) is 41.3 Å². The van der Waals surface area contributed by atoms with Gasteiger partial charge in [0.15, 0.2) is 0 Å². The van der Waals surface area contributed by atoms with Gasteiger partial charge in [0.25, 0.3) is 11.1 Å². The number of rotatable bonds is 6. The van der Waals surface area contributed by atoms with Crippen LogP contribution >= 0.6 is 11.8 Å². The maximum atomic E-state index is 12.6. The lowest BCUT2D eigenvalue weighted by molar-refractivity contribution is -0.149. The molecule has 1 fully saturated rings. The van der Waals surface area contributed by atoms with Crippen molar-refractivity contribution >= 4 is 45.7 Å². The molecule has 0 unspecified atom stereocenters. The second-order valence-electron chi connectivity index (χ2n) is 6.44. The van der Waals surface area contributed by atoms with Crippen LogP contribution in [0.4, 0.5) is 4.79 Å². The van der Waals surface area contributed by atoms with E-state index in [1.165, 1.54) is 0 Å². The number of carbonyl (C=O) groups excluding carboxylic acids is 3. The molecule has 0 aliphatic carbocycles. The number of esters is 1. The van der Waals surface area contributed by atoms with Crippen LogP contribution < -0.4 is 4.74 Å². The van der Waals surface area contributed by atoms with E-state index in [4.69, 9.17) is 9.47 Å². The Morgan fingerprint density at radius 2 is 1.86 bits per heavy atom. The van der Waals surface area contributed by atoms with Gasteiger partial charge in [0.1, 0.15) is 12.3 Å². The van der Waals surface area contributed by atoms with E-state index in [0.717, 1.165) is 38.7 Å². The molecule has 146 valence electrons. The number of imide groups is 1. The summed E-state index contributed by atoms with van der Waals surface area (Å²) in [5, 5.41) is 1.37. The molecule has 0 N–H and O–H groups in total. The van der Waals surface area contributed by atoms with Crippen LogP contribution in [-0.2, 0) is 14.3 Å². The van der Waals surface area contributed by atoms with Crippen molar-refractivity contribution in [3.8, 4) is 5.75 Å². The lowest BCUT2D eigenvalue weighted by atomic mass is 10.0. The summed E-state index contributed by atoms with van der Waals surface area (Å²) in [6.07, 6.45) is 1.37. The van der Waals surface area contributed by atoms with E-state index >= 15 is 0 Å². The van der Waals surface area contributed by atoms with E-state index in [9.17, 15) is 14.4 Å². The molecule has 6 nitrogen and oxygen atoms in total. The number of nitrogens with zero attached hydrogens (tertiary/aromatic N) is 1. The molecular formula is C21H21NO5S. The normalized spacial score (nSPS) is 15.7. The van der Waals surface area contributed by atoms with Gasteiger partial charge in [0.05, 0.1) is 17.6 Å². The quantitative estimate of drug-likeness (QED) is 0.535. The third kappa shape index (κ3) is 4.20. The molecule has 0 atom stereocenters. The summed E-state index contributed by atoms with van der Waals surface area (Å²) in [6.45, 7) is 5.51. The summed E-state index contributed by atoms with van der Waals surface area (Å²) in [6, 6.07) is 11.4. The van der Waals surface area contributed by atoms with Gasteiger partial charge in [-0.2, -0.15) is 0 Å². The van der Waals surface area contributed by atoms with Crippen LogP contribution in [0.5, 0.6) is 5.75 Å². The molecule has 28 heavy (non-hydrogen) atoms. The third-order valence-electron chi connectivity index (χ3n) is 4.03. The predicted molar refractivity (Wildman–Crippen MR) is 109 cm³/mol. The second kappa shape index (κ2) is 8.48. The van der Waals surface area contributed by atoms with Crippen molar-refractivity contribution in [1.82, 2.24) is 4.90 Å². The van der Waals surface area contributed by atoms with Crippen molar-refractivity contribution in [1.29, 1.82) is 0 Å². The van der Waals surface area contributed by atoms with E-state index in [1.54, 1.807) is 19.9 Å². The number of fused-ring (bicyclic) bond motifs is 1. The Kier molecular flexibility index (Phi) is 6.04. The van der Waals surface area contributed by atoms with E-state index in [0.29, 0.717) is 6.61 Å². The first kappa shape index (κ1) is 19.9. The minimum absolute atomic E-state index is 0.275. The third-order valence-corrected chi connectivity index (χ3v) is 4.94. The van der Waals surface area contributed by atoms with Gasteiger partial charge in [-0.15, -0.1) is 0 Å². The summed E-state index contributed by atoms with van der Waals surface area (Å²) in [5.74, 6) is -0.335. The topological polar surface area (TPSA) is 72.9 Å². The lowest BCUT2D eigenvalue weighted by Gasteiger charge is -2.13. The van der Waals surface area contributed by atoms with Gasteiger partial charge < -0.3 is 9.47 Å². The van der Waals surface area contributed by atoms with Crippen molar-refractivity contribution in [3.05, 3.63) is 46.9 Å². The Labute approximate surface area is 167 Å². The monoisotopic (exact) mass is 399 g/mol. The number of hydrogen-bond donors (Lipinski definition) is 0. The van der Waals surface area contributed by atoms with Gasteiger partial charge >= 0.3 is 5.97 Å². The summed E-state index contributed by atoms with van der Waals surface area (Å²) < 4.78 is 10.7. The SMILES string of the molecule is CCOc1ccc(/C=C2/SC(=O)N(CC(=O)OC(C)C)C2=O)c2ccccc12. The van der Waals surface area contributed by atoms with Gasteiger partial charge in [-0.25, -0.2) is 0 Å². The maximum Gasteiger partial charge on any atom is 0.326 e. The minimum atomic E-state index is -0.606. The van der Waals surface area contributed by atoms with Gasteiger partial charge in [-0.05, 0) is 55.6 Å². The first-order valence-corrected chi connectivity index (χ1v) is 9.81. The molecule has 1 saturated heterocycles. The van der Waals surface area contributed by atoms with Crippen LogP contribution in [0.3, 0.4) is 0 Å². The molecule has 7 heteroatoms. The Hall–Kier alpha value is -2.80. The number of ether oxygens (including phenoxy) is 2. The highest BCUT2D eigenvalue weighted by molar-refractivity contribution is 8.18. The molecule has 2 amide bonds. The van der Waals surface area contributed by atoms with E-state index in [1.807, 2.05) is 43.3 Å². The van der Waals surface area contributed by atoms with Crippen LogP contribution in [0.25, 0.3) is 16.8 Å². The Morgan fingerprint density at radius 3 is 2.54 bits per heavy atom. The molecule has 0 saturated carbocycles. The first-order chi connectivity index (χ1) is 13.4. The number of hydrogen-bond acceptors (Lipinski definition) is 6. The van der Waals surface area contributed by atoms with Crippen molar-refractivity contribution < 1.29 is 23.9 Å². The van der Waals surface area contributed by atoms with Gasteiger partial charge in [0, 0.05) is 5.39 Å². The zero-order valence-electron chi connectivity index (χ0n) is 15.9. The molecule has 0 spiro atoms. The van der Waals surface area contributed by atoms with Crippen LogP contribution in [0.2, 0.25) is 0 Å². The molecule has 2 aromatic carbocycles. The highest BCUT2D eigenvalue weighted by Gasteiger charge is 2.36. The largest absolute Gasteiger partial charge is 0.493 e. The molecule has 0 aromatic heterocycles. The smallest absolute Gasteiger partial charge is 0.326 e. The molecule has 3 rings (SSSR count). The number of thioether (sulfide) groups is 1. The van der Waals surface area contributed by atoms with Crippen molar-refractivity contribution in [2.24, 2.45) is 0 Å². The molecule has 0 radical (unpaired) electrons. The van der Waals surface area contributed by atoms with E-state index in [-0.39, 0.29) is 17.6 Å². The number of benzene rings is 2. The molecule has 2 aromatic rings. The van der Waals surface area contributed by atoms with Crippen molar-refractivity contribution in [3.63, 3.8) is 0 Å². The number of carbonyl (C=O) groups is 3. The highest BCUT2D eigenvalue weighted by Crippen LogP contribution is 2.35. The van der Waals surface area contributed by atoms with Crippen LogP contribution in [0, 0.1) is 0 Å². The summed E-state index contributed by atoms with van der Waals surface area (Å²) in [7, 11) is 0. The predicted octanol–water partition coefficient (Wildman–Crippen LogP) is 4.23. The zero-order valence-corrected chi connectivity index (χ0v) is 16.7. The zero-order chi connectivity index (χ0) is 20.3. The van der Waals surface area contributed by atoms with Gasteiger partial charge in [-0.3, -0.25) is 19.3 Å². The van der Waals surface area contributed by atoms with Crippen molar-refractivity contribution in [2.75, 3.05) is 13.2 Å². The molecule has 0 bridgehead atoms. The fraction of sp³-hybridized carbons (Fsp3) is 0.286. The minimum Gasteiger partial charge on any atom is -0.493 e. The van der Waals surface area contributed by atoms with Crippen LogP contribution in [0.1, 0.15) is 26.3 Å². The number of amides is 2.